The van der Waals surface area contributed by atoms with E-state index in [1.807, 2.05) is 0 Å². The lowest BCUT2D eigenvalue weighted by atomic mass is 10.2. The molecule has 0 aromatic rings. The Bertz CT molecular complexity index is 143. The summed E-state index contributed by atoms with van der Waals surface area (Å²) < 4.78 is 69.3. The van der Waals surface area contributed by atoms with E-state index < -0.39 is 24.0 Å². The largest absolute Gasteiger partial charge is 0.420 e. The predicted octanol–water partition coefficient (Wildman–Crippen LogP) is 3.06. The third-order valence-electron chi connectivity index (χ3n) is 0.887. The second-order valence-electron chi connectivity index (χ2n) is 1.91. The van der Waals surface area contributed by atoms with Crippen LogP contribution >= 0.6 is 0 Å². The SMILES string of the molecule is CC(F)(F)/C(=C/F)C(F)(F)F. The van der Waals surface area contributed by atoms with Gasteiger partial charge in [0.05, 0.1) is 0 Å². The molecule has 0 aliphatic carbocycles. The topological polar surface area (TPSA) is 0 Å². The van der Waals surface area contributed by atoms with E-state index in [1.165, 1.54) is 0 Å². The van der Waals surface area contributed by atoms with Gasteiger partial charge in [-0.3, -0.25) is 0 Å². The Morgan fingerprint density at radius 1 is 1.09 bits per heavy atom. The van der Waals surface area contributed by atoms with Crippen molar-refractivity contribution in [2.75, 3.05) is 0 Å². The summed E-state index contributed by atoms with van der Waals surface area (Å²) in [5, 5.41) is 0. The third-order valence-corrected chi connectivity index (χ3v) is 0.887. The minimum absolute atomic E-state index is 0.0219. The number of alkyl halides is 5. The van der Waals surface area contributed by atoms with Gasteiger partial charge in [0.25, 0.3) is 5.92 Å². The molecule has 0 saturated heterocycles. The van der Waals surface area contributed by atoms with Gasteiger partial charge in [-0.2, -0.15) is 13.2 Å². The van der Waals surface area contributed by atoms with E-state index >= 15 is 0 Å². The quantitative estimate of drug-likeness (QED) is 0.541. The van der Waals surface area contributed by atoms with Crippen molar-refractivity contribution in [3.05, 3.63) is 11.9 Å². The fourth-order valence-electron chi connectivity index (χ4n) is 0.407. The molecular weight excluding hydrogens is 174 g/mol. The summed E-state index contributed by atoms with van der Waals surface area (Å²) in [7, 11) is 0. The molecule has 0 radical (unpaired) electrons. The Labute approximate surface area is 58.5 Å². The first-order valence-electron chi connectivity index (χ1n) is 2.45. The second-order valence-corrected chi connectivity index (χ2v) is 1.91. The van der Waals surface area contributed by atoms with E-state index in [2.05, 4.69) is 0 Å². The van der Waals surface area contributed by atoms with Gasteiger partial charge >= 0.3 is 6.18 Å². The summed E-state index contributed by atoms with van der Waals surface area (Å²) in [6.45, 7) is -0.0219. The Morgan fingerprint density at radius 3 is 1.45 bits per heavy atom. The Balaban J connectivity index is 4.74. The average Bonchev–Trinajstić information content (AvgIpc) is 1.56. The van der Waals surface area contributed by atoms with Crippen molar-refractivity contribution in [3.8, 4) is 0 Å². The Hall–Kier alpha value is -0.680. The van der Waals surface area contributed by atoms with Gasteiger partial charge in [0.2, 0.25) is 0 Å². The van der Waals surface area contributed by atoms with Gasteiger partial charge in [-0.15, -0.1) is 0 Å². The molecular formula is C5H4F6. The second kappa shape index (κ2) is 2.75. The predicted molar refractivity (Wildman–Crippen MR) is 25.9 cm³/mol. The molecule has 0 nitrogen and oxygen atoms in total. The highest BCUT2D eigenvalue weighted by Crippen LogP contribution is 2.37. The van der Waals surface area contributed by atoms with Crippen LogP contribution in [0.3, 0.4) is 0 Å². The number of allylic oxidation sites excluding steroid dienone is 1. The van der Waals surface area contributed by atoms with Crippen LogP contribution in [0.25, 0.3) is 0 Å². The van der Waals surface area contributed by atoms with E-state index in [0.717, 1.165) is 0 Å². The van der Waals surface area contributed by atoms with Crippen molar-refractivity contribution < 1.29 is 26.3 Å². The van der Waals surface area contributed by atoms with E-state index in [9.17, 15) is 26.3 Å². The van der Waals surface area contributed by atoms with Crippen molar-refractivity contribution >= 4 is 0 Å². The minimum Gasteiger partial charge on any atom is -0.215 e. The first kappa shape index (κ1) is 10.3. The molecule has 0 aromatic carbocycles. The monoisotopic (exact) mass is 178 g/mol. The van der Waals surface area contributed by atoms with Crippen LogP contribution in [0.2, 0.25) is 0 Å². The van der Waals surface area contributed by atoms with Gasteiger partial charge < -0.3 is 0 Å². The standard InChI is InChI=1S/C5H4F6/c1-4(7,8)3(2-6)5(9,10)11/h2H,1H3/b3-2-. The maximum atomic E-state index is 11.9. The molecule has 0 amide bonds. The van der Waals surface area contributed by atoms with Gasteiger partial charge in [0.15, 0.2) is 0 Å². The van der Waals surface area contributed by atoms with Crippen LogP contribution in [-0.2, 0) is 0 Å². The van der Waals surface area contributed by atoms with Crippen LogP contribution < -0.4 is 0 Å². The first-order chi connectivity index (χ1) is 4.69. The summed E-state index contributed by atoms with van der Waals surface area (Å²) >= 11 is 0. The lowest BCUT2D eigenvalue weighted by molar-refractivity contribution is -0.126. The van der Waals surface area contributed by atoms with E-state index in [0.29, 0.717) is 0 Å². The summed E-state index contributed by atoms with van der Waals surface area (Å²) in [6, 6.07) is 0. The molecule has 0 aliphatic heterocycles. The number of hydrogen-bond acceptors (Lipinski definition) is 0. The normalized spacial score (nSPS) is 15.4. The molecule has 6 heteroatoms. The van der Waals surface area contributed by atoms with E-state index in [1.54, 1.807) is 0 Å². The van der Waals surface area contributed by atoms with Crippen molar-refractivity contribution in [3.63, 3.8) is 0 Å². The maximum Gasteiger partial charge on any atom is 0.420 e. The van der Waals surface area contributed by atoms with Gasteiger partial charge in [-0.05, 0) is 0 Å². The van der Waals surface area contributed by atoms with E-state index in [-0.39, 0.29) is 6.92 Å². The van der Waals surface area contributed by atoms with Gasteiger partial charge in [0, 0.05) is 6.92 Å². The molecule has 0 unspecified atom stereocenters. The van der Waals surface area contributed by atoms with Gasteiger partial charge in [-0.1, -0.05) is 0 Å². The molecule has 0 atom stereocenters. The van der Waals surface area contributed by atoms with Gasteiger partial charge in [0.1, 0.15) is 11.9 Å². The average molecular weight is 178 g/mol. The summed E-state index contributed by atoms with van der Waals surface area (Å²) in [4.78, 5) is 0. The first-order valence-corrected chi connectivity index (χ1v) is 2.45. The zero-order valence-corrected chi connectivity index (χ0v) is 5.35. The molecule has 0 aromatic heterocycles. The molecule has 0 spiro atoms. The Kier molecular flexibility index (Phi) is 2.58. The maximum absolute atomic E-state index is 11.9. The zero-order valence-electron chi connectivity index (χ0n) is 5.35. The van der Waals surface area contributed by atoms with Crippen molar-refractivity contribution in [1.29, 1.82) is 0 Å². The van der Waals surface area contributed by atoms with Crippen LogP contribution in [-0.4, -0.2) is 12.1 Å². The van der Waals surface area contributed by atoms with Crippen molar-refractivity contribution in [2.45, 2.75) is 19.0 Å². The van der Waals surface area contributed by atoms with Crippen LogP contribution in [0, 0.1) is 0 Å². The molecule has 0 bridgehead atoms. The molecule has 0 fully saturated rings. The summed E-state index contributed by atoms with van der Waals surface area (Å²) in [6.07, 6.45) is -6.44. The van der Waals surface area contributed by atoms with Crippen molar-refractivity contribution in [2.24, 2.45) is 0 Å². The van der Waals surface area contributed by atoms with Crippen LogP contribution in [0.15, 0.2) is 11.9 Å². The van der Waals surface area contributed by atoms with Gasteiger partial charge in [-0.25, -0.2) is 13.2 Å². The lowest BCUT2D eigenvalue weighted by Crippen LogP contribution is -2.26. The van der Waals surface area contributed by atoms with Crippen LogP contribution in [0.1, 0.15) is 6.92 Å². The summed E-state index contributed by atoms with van der Waals surface area (Å²) in [5.41, 5.74) is -2.47. The zero-order chi connectivity index (χ0) is 9.28. The highest BCUT2D eigenvalue weighted by atomic mass is 19.4. The molecule has 0 N–H and O–H groups in total. The van der Waals surface area contributed by atoms with Crippen molar-refractivity contribution in [1.82, 2.24) is 0 Å². The number of halogens is 6. The molecule has 0 aliphatic rings. The molecule has 0 rings (SSSR count). The third kappa shape index (κ3) is 2.81. The smallest absolute Gasteiger partial charge is 0.215 e. The van der Waals surface area contributed by atoms with Crippen LogP contribution in [0.4, 0.5) is 26.3 Å². The minimum atomic E-state index is -5.31. The Morgan fingerprint density at radius 2 is 1.45 bits per heavy atom. The number of hydrogen-bond donors (Lipinski definition) is 0. The summed E-state index contributed by atoms with van der Waals surface area (Å²) in [5.74, 6) is -4.19. The molecule has 11 heavy (non-hydrogen) atoms. The highest BCUT2D eigenvalue weighted by Gasteiger charge is 2.47. The highest BCUT2D eigenvalue weighted by molar-refractivity contribution is 5.14. The van der Waals surface area contributed by atoms with Crippen LogP contribution in [0.5, 0.6) is 0 Å². The molecule has 0 heterocycles. The molecule has 66 valence electrons. The number of rotatable bonds is 1. The lowest BCUT2D eigenvalue weighted by Gasteiger charge is -2.15. The molecule has 0 saturated carbocycles. The fourth-order valence-corrected chi connectivity index (χ4v) is 0.407. The van der Waals surface area contributed by atoms with E-state index in [4.69, 9.17) is 0 Å². The fraction of sp³-hybridized carbons (Fsp3) is 0.600.